The minimum absolute atomic E-state index is 0.433. The van der Waals surface area contributed by atoms with Crippen molar-refractivity contribution in [3.8, 4) is 0 Å². The molecular formula is C13H16O3. The van der Waals surface area contributed by atoms with Gasteiger partial charge in [-0.05, 0) is 24.0 Å². The van der Waals surface area contributed by atoms with Gasteiger partial charge in [0.1, 0.15) is 0 Å². The van der Waals surface area contributed by atoms with Crippen LogP contribution in [0.4, 0.5) is 0 Å². The zero-order valence-corrected chi connectivity index (χ0v) is 9.19. The Morgan fingerprint density at radius 1 is 1.38 bits per heavy atom. The Labute approximate surface area is 95.0 Å². The fraction of sp³-hybridized carbons (Fsp3) is 0.462. The summed E-state index contributed by atoms with van der Waals surface area (Å²) in [5.41, 5.74) is 1.62. The van der Waals surface area contributed by atoms with Gasteiger partial charge in [-0.2, -0.15) is 0 Å². The fourth-order valence-corrected chi connectivity index (χ4v) is 2.04. The van der Waals surface area contributed by atoms with E-state index < -0.39 is 12.8 Å². The van der Waals surface area contributed by atoms with E-state index in [4.69, 9.17) is 5.11 Å². The van der Waals surface area contributed by atoms with E-state index in [2.05, 4.69) is 4.74 Å². The normalized spacial score (nSPS) is 15.6. The number of hydrogen-bond acceptors (Lipinski definition) is 3. The van der Waals surface area contributed by atoms with Gasteiger partial charge in [-0.25, -0.2) is 4.79 Å². The number of carbonyl (C=O) groups is 1. The molecule has 1 aromatic carbocycles. The number of benzene rings is 1. The van der Waals surface area contributed by atoms with E-state index in [0.29, 0.717) is 11.5 Å². The van der Waals surface area contributed by atoms with Crippen molar-refractivity contribution in [3.63, 3.8) is 0 Å². The zero-order valence-electron chi connectivity index (χ0n) is 9.19. The molecule has 1 aliphatic carbocycles. The summed E-state index contributed by atoms with van der Waals surface area (Å²) < 4.78 is 4.62. The molecule has 0 radical (unpaired) electrons. The number of carbonyl (C=O) groups excluding carboxylic acids is 1. The molecule has 3 heteroatoms. The van der Waals surface area contributed by atoms with Gasteiger partial charge in [0, 0.05) is 0 Å². The Kier molecular flexibility index (Phi) is 3.57. The van der Waals surface area contributed by atoms with Crippen molar-refractivity contribution in [1.29, 1.82) is 0 Å². The highest BCUT2D eigenvalue weighted by Gasteiger charge is 2.20. The van der Waals surface area contributed by atoms with Crippen LogP contribution < -0.4 is 0 Å². The van der Waals surface area contributed by atoms with E-state index in [1.165, 1.54) is 19.3 Å². The molecule has 0 heterocycles. The van der Waals surface area contributed by atoms with E-state index in [-0.39, 0.29) is 0 Å². The fourth-order valence-electron chi connectivity index (χ4n) is 2.04. The van der Waals surface area contributed by atoms with E-state index in [1.54, 1.807) is 6.07 Å². The maximum Gasteiger partial charge on any atom is 0.340 e. The van der Waals surface area contributed by atoms with Gasteiger partial charge in [-0.3, -0.25) is 0 Å². The summed E-state index contributed by atoms with van der Waals surface area (Å²) in [6, 6.07) is 7.47. The minimum atomic E-state index is -0.559. The van der Waals surface area contributed by atoms with Crippen LogP contribution in [0.15, 0.2) is 24.3 Å². The molecule has 86 valence electrons. The lowest BCUT2D eigenvalue weighted by Gasteiger charge is -2.25. The molecule has 1 saturated carbocycles. The van der Waals surface area contributed by atoms with Crippen LogP contribution in [0.5, 0.6) is 0 Å². The molecule has 0 amide bonds. The third-order valence-electron chi connectivity index (χ3n) is 3.17. The lowest BCUT2D eigenvalue weighted by Crippen LogP contribution is -2.16. The van der Waals surface area contributed by atoms with Crippen LogP contribution in [-0.4, -0.2) is 17.9 Å². The van der Waals surface area contributed by atoms with Gasteiger partial charge in [0.2, 0.25) is 0 Å². The van der Waals surface area contributed by atoms with Crippen molar-refractivity contribution < 1.29 is 14.6 Å². The van der Waals surface area contributed by atoms with Crippen LogP contribution in [-0.2, 0) is 11.2 Å². The Morgan fingerprint density at radius 3 is 2.75 bits per heavy atom. The van der Waals surface area contributed by atoms with Crippen molar-refractivity contribution in [2.24, 2.45) is 5.92 Å². The zero-order chi connectivity index (χ0) is 11.4. The highest BCUT2D eigenvalue weighted by atomic mass is 16.6. The van der Waals surface area contributed by atoms with Crippen LogP contribution in [0, 0.1) is 5.92 Å². The quantitative estimate of drug-likeness (QED) is 0.624. The molecule has 2 rings (SSSR count). The van der Waals surface area contributed by atoms with Crippen LogP contribution in [0.25, 0.3) is 0 Å². The summed E-state index contributed by atoms with van der Waals surface area (Å²) in [6.45, 7) is -0.559. The molecule has 1 fully saturated rings. The minimum Gasteiger partial charge on any atom is -0.435 e. The molecule has 1 aliphatic rings. The number of aliphatic hydroxyl groups is 1. The number of rotatable bonds is 4. The second-order valence-electron chi connectivity index (χ2n) is 4.22. The summed E-state index contributed by atoms with van der Waals surface area (Å²) >= 11 is 0. The summed E-state index contributed by atoms with van der Waals surface area (Å²) in [5.74, 6) is 0.278. The third kappa shape index (κ3) is 2.42. The molecule has 0 saturated heterocycles. The van der Waals surface area contributed by atoms with E-state index in [9.17, 15) is 4.79 Å². The number of hydrogen-bond donors (Lipinski definition) is 1. The first-order chi connectivity index (χ1) is 7.81. The summed E-state index contributed by atoms with van der Waals surface area (Å²) in [5, 5.41) is 8.59. The van der Waals surface area contributed by atoms with Crippen molar-refractivity contribution in [2.45, 2.75) is 25.7 Å². The molecule has 1 N–H and O–H groups in total. The number of aliphatic hydroxyl groups excluding tert-OH is 1. The maximum atomic E-state index is 11.6. The molecule has 0 unspecified atom stereocenters. The highest BCUT2D eigenvalue weighted by molar-refractivity contribution is 5.91. The number of ether oxygens (including phenoxy) is 1. The topological polar surface area (TPSA) is 46.5 Å². The van der Waals surface area contributed by atoms with Crippen LogP contribution >= 0.6 is 0 Å². The van der Waals surface area contributed by atoms with E-state index in [0.717, 1.165) is 12.0 Å². The Hall–Kier alpha value is -1.35. The average molecular weight is 220 g/mol. The summed E-state index contributed by atoms with van der Waals surface area (Å²) in [7, 11) is 0. The summed E-state index contributed by atoms with van der Waals surface area (Å²) in [6.07, 6.45) is 4.75. The second kappa shape index (κ2) is 5.12. The SMILES string of the molecule is O=C(OCO)c1ccccc1CC1CCC1. The van der Waals surface area contributed by atoms with E-state index in [1.807, 2.05) is 18.2 Å². The Bertz CT molecular complexity index is 369. The van der Waals surface area contributed by atoms with Crippen molar-refractivity contribution >= 4 is 5.97 Å². The highest BCUT2D eigenvalue weighted by Crippen LogP contribution is 2.30. The summed E-state index contributed by atoms with van der Waals surface area (Å²) in [4.78, 5) is 11.6. The molecule has 0 spiro atoms. The van der Waals surface area contributed by atoms with Gasteiger partial charge in [0.05, 0.1) is 5.56 Å². The average Bonchev–Trinajstić information content (AvgIpc) is 2.24. The van der Waals surface area contributed by atoms with Crippen molar-refractivity contribution in [1.82, 2.24) is 0 Å². The monoisotopic (exact) mass is 220 g/mol. The van der Waals surface area contributed by atoms with Crippen LogP contribution in [0.3, 0.4) is 0 Å². The van der Waals surface area contributed by atoms with Crippen molar-refractivity contribution in [3.05, 3.63) is 35.4 Å². The van der Waals surface area contributed by atoms with E-state index >= 15 is 0 Å². The molecule has 0 aromatic heterocycles. The lowest BCUT2D eigenvalue weighted by atomic mass is 9.80. The molecule has 16 heavy (non-hydrogen) atoms. The van der Waals surface area contributed by atoms with Gasteiger partial charge in [-0.1, -0.05) is 37.5 Å². The Balaban J connectivity index is 2.12. The maximum absolute atomic E-state index is 11.6. The smallest absolute Gasteiger partial charge is 0.340 e. The van der Waals surface area contributed by atoms with Gasteiger partial charge < -0.3 is 9.84 Å². The van der Waals surface area contributed by atoms with Gasteiger partial charge in [0.25, 0.3) is 0 Å². The molecule has 3 nitrogen and oxygen atoms in total. The molecule has 0 bridgehead atoms. The van der Waals surface area contributed by atoms with Gasteiger partial charge in [0.15, 0.2) is 6.79 Å². The largest absolute Gasteiger partial charge is 0.435 e. The predicted octanol–water partition coefficient (Wildman–Crippen LogP) is 2.14. The van der Waals surface area contributed by atoms with Gasteiger partial charge in [-0.15, -0.1) is 0 Å². The first kappa shape index (κ1) is 11.1. The molecule has 0 atom stereocenters. The first-order valence-electron chi connectivity index (χ1n) is 5.67. The second-order valence-corrected chi connectivity index (χ2v) is 4.22. The molecule has 0 aliphatic heterocycles. The molecular weight excluding hydrogens is 204 g/mol. The van der Waals surface area contributed by atoms with Crippen LogP contribution in [0.2, 0.25) is 0 Å². The van der Waals surface area contributed by atoms with Gasteiger partial charge >= 0.3 is 5.97 Å². The standard InChI is InChI=1S/C13H16O3/c14-9-16-13(15)12-7-2-1-6-11(12)8-10-4-3-5-10/h1-2,6-7,10,14H,3-5,8-9H2. The predicted molar refractivity (Wildman–Crippen MR) is 60.0 cm³/mol. The van der Waals surface area contributed by atoms with Crippen LogP contribution in [0.1, 0.15) is 35.2 Å². The third-order valence-corrected chi connectivity index (χ3v) is 3.17. The van der Waals surface area contributed by atoms with Crippen molar-refractivity contribution in [2.75, 3.05) is 6.79 Å². The lowest BCUT2D eigenvalue weighted by molar-refractivity contribution is 0.00670. The first-order valence-corrected chi connectivity index (χ1v) is 5.67. The molecule has 1 aromatic rings. The Morgan fingerprint density at radius 2 is 2.12 bits per heavy atom. The number of esters is 1.